The SMILES string of the molecule is C[C@@H]1C(=O)C[C@H](O)C[C@@H]1c1ccccc1. The van der Waals surface area contributed by atoms with Gasteiger partial charge < -0.3 is 5.11 Å². The Labute approximate surface area is 89.9 Å². The molecule has 1 aromatic rings. The van der Waals surface area contributed by atoms with Gasteiger partial charge in [0.05, 0.1) is 6.10 Å². The molecule has 1 aromatic carbocycles. The van der Waals surface area contributed by atoms with Crippen LogP contribution in [0.3, 0.4) is 0 Å². The Hall–Kier alpha value is -1.15. The first-order chi connectivity index (χ1) is 7.18. The fourth-order valence-corrected chi connectivity index (χ4v) is 2.35. The molecule has 1 fully saturated rings. The van der Waals surface area contributed by atoms with Crippen LogP contribution in [0.5, 0.6) is 0 Å². The van der Waals surface area contributed by atoms with Gasteiger partial charge in [0.1, 0.15) is 5.78 Å². The molecule has 2 rings (SSSR count). The number of hydrogen-bond donors (Lipinski definition) is 1. The van der Waals surface area contributed by atoms with Gasteiger partial charge in [-0.2, -0.15) is 0 Å². The third-order valence-corrected chi connectivity index (χ3v) is 3.30. The Bertz CT molecular complexity index is 345. The first kappa shape index (κ1) is 10.4. The number of aliphatic hydroxyl groups excluding tert-OH is 1. The van der Waals surface area contributed by atoms with Crippen LogP contribution in [0.4, 0.5) is 0 Å². The highest BCUT2D eigenvalue weighted by Crippen LogP contribution is 2.35. The summed E-state index contributed by atoms with van der Waals surface area (Å²) in [7, 11) is 0. The van der Waals surface area contributed by atoms with E-state index in [1.54, 1.807) is 0 Å². The molecule has 0 bridgehead atoms. The van der Waals surface area contributed by atoms with Crippen molar-refractivity contribution in [2.75, 3.05) is 0 Å². The number of carbonyl (C=O) groups excluding carboxylic acids is 1. The summed E-state index contributed by atoms with van der Waals surface area (Å²) >= 11 is 0. The van der Waals surface area contributed by atoms with E-state index in [1.165, 1.54) is 0 Å². The first-order valence-corrected chi connectivity index (χ1v) is 5.44. The van der Waals surface area contributed by atoms with Gasteiger partial charge in [0.2, 0.25) is 0 Å². The largest absolute Gasteiger partial charge is 0.393 e. The van der Waals surface area contributed by atoms with Crippen molar-refractivity contribution >= 4 is 5.78 Å². The molecule has 1 N–H and O–H groups in total. The molecule has 80 valence electrons. The summed E-state index contributed by atoms with van der Waals surface area (Å²) in [5.41, 5.74) is 1.16. The van der Waals surface area contributed by atoms with Crippen LogP contribution in [-0.2, 0) is 4.79 Å². The summed E-state index contributed by atoms with van der Waals surface area (Å²) in [6.45, 7) is 1.96. The average Bonchev–Trinajstić information content (AvgIpc) is 2.24. The van der Waals surface area contributed by atoms with Crippen LogP contribution < -0.4 is 0 Å². The van der Waals surface area contributed by atoms with Crippen LogP contribution in [-0.4, -0.2) is 17.0 Å². The van der Waals surface area contributed by atoms with E-state index in [1.807, 2.05) is 37.3 Å². The molecule has 0 spiro atoms. The van der Waals surface area contributed by atoms with E-state index in [0.717, 1.165) is 5.56 Å². The number of Topliss-reactive ketones (excluding diaryl/α,β-unsaturated/α-hetero) is 1. The maximum atomic E-state index is 11.6. The van der Waals surface area contributed by atoms with Gasteiger partial charge in [0.15, 0.2) is 0 Å². The predicted octanol–water partition coefficient (Wildman–Crippen LogP) is 2.13. The minimum atomic E-state index is -0.459. The number of aliphatic hydroxyl groups is 1. The Balaban J connectivity index is 2.24. The lowest BCUT2D eigenvalue weighted by Crippen LogP contribution is -2.32. The minimum Gasteiger partial charge on any atom is -0.393 e. The Kier molecular flexibility index (Phi) is 2.87. The minimum absolute atomic E-state index is 0.0378. The van der Waals surface area contributed by atoms with Crippen molar-refractivity contribution in [3.8, 4) is 0 Å². The molecular formula is C13H16O2. The molecule has 0 aliphatic heterocycles. The van der Waals surface area contributed by atoms with E-state index < -0.39 is 6.10 Å². The topological polar surface area (TPSA) is 37.3 Å². The van der Waals surface area contributed by atoms with Crippen molar-refractivity contribution < 1.29 is 9.90 Å². The highest BCUT2D eigenvalue weighted by atomic mass is 16.3. The highest BCUT2D eigenvalue weighted by Gasteiger charge is 2.33. The Morgan fingerprint density at radius 2 is 1.93 bits per heavy atom. The lowest BCUT2D eigenvalue weighted by atomic mass is 9.74. The number of carbonyl (C=O) groups is 1. The number of benzene rings is 1. The van der Waals surface area contributed by atoms with E-state index >= 15 is 0 Å². The maximum Gasteiger partial charge on any atom is 0.138 e. The smallest absolute Gasteiger partial charge is 0.138 e. The normalized spacial score (nSPS) is 31.6. The fourth-order valence-electron chi connectivity index (χ4n) is 2.35. The summed E-state index contributed by atoms with van der Waals surface area (Å²) in [6.07, 6.45) is 0.570. The fraction of sp³-hybridized carbons (Fsp3) is 0.462. The van der Waals surface area contributed by atoms with Gasteiger partial charge in [-0.15, -0.1) is 0 Å². The summed E-state index contributed by atoms with van der Waals surface area (Å²) in [5.74, 6) is 0.404. The van der Waals surface area contributed by atoms with Gasteiger partial charge in [-0.05, 0) is 17.9 Å². The van der Waals surface area contributed by atoms with Gasteiger partial charge in [0, 0.05) is 12.3 Å². The highest BCUT2D eigenvalue weighted by molar-refractivity contribution is 5.83. The second-order valence-corrected chi connectivity index (χ2v) is 4.37. The molecule has 0 amide bonds. The third kappa shape index (κ3) is 2.10. The van der Waals surface area contributed by atoms with Gasteiger partial charge in [-0.1, -0.05) is 37.3 Å². The van der Waals surface area contributed by atoms with E-state index in [4.69, 9.17) is 0 Å². The van der Waals surface area contributed by atoms with Gasteiger partial charge in [0.25, 0.3) is 0 Å². The average molecular weight is 204 g/mol. The molecule has 1 saturated carbocycles. The molecule has 0 aromatic heterocycles. The van der Waals surface area contributed by atoms with Crippen LogP contribution in [0, 0.1) is 5.92 Å². The summed E-state index contributed by atoms with van der Waals surface area (Å²) in [6, 6.07) is 10.00. The first-order valence-electron chi connectivity index (χ1n) is 5.44. The van der Waals surface area contributed by atoms with Crippen LogP contribution in [0.2, 0.25) is 0 Å². The van der Waals surface area contributed by atoms with Gasteiger partial charge in [-0.3, -0.25) is 4.79 Å². The molecule has 0 unspecified atom stereocenters. The number of hydrogen-bond acceptors (Lipinski definition) is 2. The molecule has 1 aliphatic carbocycles. The summed E-state index contributed by atoms with van der Waals surface area (Å²) < 4.78 is 0. The predicted molar refractivity (Wildman–Crippen MR) is 58.6 cm³/mol. The third-order valence-electron chi connectivity index (χ3n) is 3.30. The second kappa shape index (κ2) is 4.15. The van der Waals surface area contributed by atoms with Crippen LogP contribution in [0.1, 0.15) is 31.2 Å². The molecule has 2 heteroatoms. The van der Waals surface area contributed by atoms with Crippen LogP contribution >= 0.6 is 0 Å². The zero-order chi connectivity index (χ0) is 10.8. The molecule has 0 saturated heterocycles. The van der Waals surface area contributed by atoms with E-state index in [-0.39, 0.29) is 17.6 Å². The van der Waals surface area contributed by atoms with E-state index in [0.29, 0.717) is 12.8 Å². The number of rotatable bonds is 1. The molecule has 1 aliphatic rings. The standard InChI is InChI=1S/C13H16O2/c1-9-12(7-11(14)8-13(9)15)10-5-3-2-4-6-10/h2-6,9,11-12,14H,7-8H2,1H3/t9-,11+,12-/m0/s1. The molecule has 15 heavy (non-hydrogen) atoms. The van der Waals surface area contributed by atoms with E-state index in [2.05, 4.69) is 0 Å². The van der Waals surface area contributed by atoms with Crippen molar-refractivity contribution in [1.29, 1.82) is 0 Å². The zero-order valence-electron chi connectivity index (χ0n) is 8.89. The van der Waals surface area contributed by atoms with Crippen molar-refractivity contribution in [2.24, 2.45) is 5.92 Å². The monoisotopic (exact) mass is 204 g/mol. The zero-order valence-corrected chi connectivity index (χ0v) is 8.89. The summed E-state index contributed by atoms with van der Waals surface area (Å²) in [5, 5.41) is 9.61. The van der Waals surface area contributed by atoms with Crippen molar-refractivity contribution in [1.82, 2.24) is 0 Å². The maximum absolute atomic E-state index is 11.6. The van der Waals surface area contributed by atoms with Crippen LogP contribution in [0.25, 0.3) is 0 Å². The van der Waals surface area contributed by atoms with Crippen molar-refractivity contribution in [3.63, 3.8) is 0 Å². The molecule has 0 heterocycles. The Morgan fingerprint density at radius 1 is 1.27 bits per heavy atom. The van der Waals surface area contributed by atoms with Crippen molar-refractivity contribution in [2.45, 2.75) is 31.8 Å². The van der Waals surface area contributed by atoms with Crippen molar-refractivity contribution in [3.05, 3.63) is 35.9 Å². The van der Waals surface area contributed by atoms with Gasteiger partial charge >= 0.3 is 0 Å². The van der Waals surface area contributed by atoms with E-state index in [9.17, 15) is 9.90 Å². The quantitative estimate of drug-likeness (QED) is 0.761. The molecular weight excluding hydrogens is 188 g/mol. The van der Waals surface area contributed by atoms with Gasteiger partial charge in [-0.25, -0.2) is 0 Å². The molecule has 0 radical (unpaired) electrons. The lowest BCUT2D eigenvalue weighted by Gasteiger charge is -2.31. The van der Waals surface area contributed by atoms with Crippen LogP contribution in [0.15, 0.2) is 30.3 Å². The molecule has 3 atom stereocenters. The molecule has 2 nitrogen and oxygen atoms in total. The summed E-state index contributed by atoms with van der Waals surface area (Å²) in [4.78, 5) is 11.6. The lowest BCUT2D eigenvalue weighted by molar-refractivity contribution is -0.128. The number of ketones is 1. The second-order valence-electron chi connectivity index (χ2n) is 4.37. The Morgan fingerprint density at radius 3 is 2.60 bits per heavy atom.